The minimum absolute atomic E-state index is 0.0407. The smallest absolute Gasteiger partial charge is 0.252 e. The fraction of sp³-hybridized carbons (Fsp3) is 0.182. The van der Waals surface area contributed by atoms with Gasteiger partial charge in [0, 0.05) is 77.9 Å². The van der Waals surface area contributed by atoms with Gasteiger partial charge in [-0.25, -0.2) is 0 Å². The zero-order valence-corrected chi connectivity index (χ0v) is 68.0. The molecule has 17 aromatic rings. The van der Waals surface area contributed by atoms with Crippen molar-refractivity contribution in [2.45, 2.75) is 131 Å². The molecule has 0 aliphatic carbocycles. The Morgan fingerprint density at radius 1 is 0.252 bits per heavy atom. The highest BCUT2D eigenvalue weighted by molar-refractivity contribution is 7.00. The van der Waals surface area contributed by atoms with Gasteiger partial charge >= 0.3 is 0 Å². The average molecular weight is 1500 g/mol. The van der Waals surface area contributed by atoms with Gasteiger partial charge in [0.2, 0.25) is 0 Å². The van der Waals surface area contributed by atoms with Crippen molar-refractivity contribution in [1.29, 1.82) is 0 Å². The summed E-state index contributed by atoms with van der Waals surface area (Å²) in [4.78, 5) is 4.83. The summed E-state index contributed by atoms with van der Waals surface area (Å²) in [5.74, 6) is 0. The van der Waals surface area contributed by atoms with E-state index in [1.807, 2.05) is 102 Å². The molecule has 0 radical (unpaired) electrons. The first-order valence-electron chi connectivity index (χ1n) is 47.0. The van der Waals surface area contributed by atoms with E-state index in [1.165, 1.54) is 0 Å². The molecule has 0 N–H and O–H groups in total. The molecule has 15 aromatic carbocycles. The molecule has 0 bridgehead atoms. The maximum Gasteiger partial charge on any atom is 0.252 e. The third-order valence-electron chi connectivity index (χ3n) is 23.4. The molecule has 0 saturated carbocycles. The number of rotatable bonds is 10. The summed E-state index contributed by atoms with van der Waals surface area (Å²) in [5, 5.41) is 0.376. The Morgan fingerprint density at radius 2 is 0.539 bits per heavy atom. The van der Waals surface area contributed by atoms with Crippen LogP contribution in [0, 0.1) is 0 Å². The Kier molecular flexibility index (Phi) is 13.8. The topological polar surface area (TPSA) is 16.3 Å². The number of hydrogen-bond donors (Lipinski definition) is 0. The molecule has 0 amide bonds. The summed E-state index contributed by atoms with van der Waals surface area (Å²) < 4.78 is 143. The zero-order valence-electron chi connectivity index (χ0n) is 82.0. The molecule has 2 aromatic heterocycles. The van der Waals surface area contributed by atoms with Crippen LogP contribution in [0.5, 0.6) is 0 Å². The van der Waals surface area contributed by atoms with Crippen LogP contribution in [0.2, 0.25) is 0 Å². The van der Waals surface area contributed by atoms with Crippen molar-refractivity contribution in [3.8, 4) is 78.1 Å². The van der Waals surface area contributed by atoms with Crippen LogP contribution in [0.1, 0.15) is 151 Å². The normalized spacial score (nSPS) is 14.8. The standard InChI is InChI=1S/C110H99BN4/c1-106(2,3)78-52-58-97-91(60-78)85-40-28-30-42-95(85)112(97)83-54-56-93-99(68-83)114(104-87(74-36-24-18-25-37-74)62-80(108(7,8)9)63-88(104)75-38-26-19-27-39-75)101-66-82(110(13,14)15)67-102-103(101)111(93)94-57-55-84(113-96-43-31-29-41-86(96)92-61-79(107(4,5)6)53-59-98(92)113)69-100(94)115(102)105-89(76-48-44-72(45-49-76)70-32-20-16-21-33-70)64-81(109(10,11)12)65-90(105)77-50-46-73(47-51-77)71-34-22-17-23-35-71/h16-69H,1-15H3/i28D,29D,30D,31D,40D,41D,42D,43D,52D,53D,58D,59D,60D,61D. The molecule has 0 atom stereocenters. The lowest BCUT2D eigenvalue weighted by molar-refractivity contribution is 0.590. The summed E-state index contributed by atoms with van der Waals surface area (Å²) in [6.45, 7) is 30.7. The van der Waals surface area contributed by atoms with Crippen molar-refractivity contribution >= 4 is 101 Å². The first-order valence-corrected chi connectivity index (χ1v) is 40.0. The zero-order chi connectivity index (χ0) is 91.5. The van der Waals surface area contributed by atoms with E-state index in [1.54, 1.807) is 9.13 Å². The van der Waals surface area contributed by atoms with Crippen LogP contribution in [0.25, 0.3) is 122 Å². The largest absolute Gasteiger partial charge is 0.310 e. The van der Waals surface area contributed by atoms with Gasteiger partial charge in [-0.05, 0) is 213 Å². The van der Waals surface area contributed by atoms with Gasteiger partial charge in [-0.15, -0.1) is 0 Å². The molecular weight excluding hydrogens is 1390 g/mol. The number of nitrogens with zero attached hydrogens (tertiary/aromatic N) is 4. The van der Waals surface area contributed by atoms with Crippen LogP contribution in [0.15, 0.2) is 327 Å². The lowest BCUT2D eigenvalue weighted by atomic mass is 9.33. The number of hydrogen-bond acceptors (Lipinski definition) is 2. The van der Waals surface area contributed by atoms with E-state index in [4.69, 9.17) is 0 Å². The van der Waals surface area contributed by atoms with Gasteiger partial charge in [0.1, 0.15) is 0 Å². The molecule has 0 spiro atoms. The van der Waals surface area contributed by atoms with Gasteiger partial charge in [-0.3, -0.25) is 0 Å². The molecule has 0 unspecified atom stereocenters. The fourth-order valence-corrected chi connectivity index (χ4v) is 17.1. The highest BCUT2D eigenvalue weighted by Crippen LogP contribution is 2.56. The quantitative estimate of drug-likeness (QED) is 0.127. The summed E-state index contributed by atoms with van der Waals surface area (Å²) in [5.41, 5.74) is 19.7. The van der Waals surface area contributed by atoms with Gasteiger partial charge in [0.05, 0.1) is 52.6 Å². The molecular formula is C110H99BN4. The van der Waals surface area contributed by atoms with Crippen LogP contribution in [0.4, 0.5) is 34.1 Å². The van der Waals surface area contributed by atoms with Gasteiger partial charge in [-0.1, -0.05) is 334 Å². The lowest BCUT2D eigenvalue weighted by Gasteiger charge is -2.47. The SMILES string of the molecule is [2H]c1c([2H])c([2H])c2c(c1[2H])c1c([2H])c(C(C)(C)C)c([2H])c([2H])c1n2-c1ccc2c(c1)N(c1c(-c3ccccc3)cc(C(C)(C)C)cc1-c1ccccc1)c1cc(C(C)(C)C)cc3c1B2c1ccc(-n2c4c([2H])c([2H])c([2H])c([2H])c4c4c([2H])c(C(C)(C)C)c([2H])c([2H])c42)cc1N3c1c(-c2ccc(-c3ccccc3)cc2)cc(C(C)(C)C)cc1-c1ccc(-c2ccccc2)cc1. The van der Waals surface area contributed by atoms with Gasteiger partial charge in [0.25, 0.3) is 6.71 Å². The van der Waals surface area contributed by atoms with Crippen LogP contribution in [-0.2, 0) is 27.1 Å². The van der Waals surface area contributed by atoms with Crippen molar-refractivity contribution in [3.05, 3.63) is 355 Å². The second kappa shape index (κ2) is 27.1. The molecule has 2 aliphatic rings. The molecule has 562 valence electrons. The molecule has 5 heteroatoms. The Hall–Kier alpha value is -12.4. The number of para-hydroxylation sites is 2. The predicted molar refractivity (Wildman–Crippen MR) is 495 cm³/mol. The fourth-order valence-electron chi connectivity index (χ4n) is 17.1. The minimum atomic E-state index is -0.854. The van der Waals surface area contributed by atoms with E-state index in [2.05, 4.69) is 254 Å². The molecule has 0 fully saturated rings. The Labute approximate surface area is 699 Å². The highest BCUT2D eigenvalue weighted by Gasteiger charge is 2.47. The Morgan fingerprint density at radius 3 is 0.878 bits per heavy atom. The highest BCUT2D eigenvalue weighted by atomic mass is 15.2. The Bertz CT molecular complexity index is 7410. The van der Waals surface area contributed by atoms with Crippen LogP contribution in [0.3, 0.4) is 0 Å². The van der Waals surface area contributed by atoms with Crippen LogP contribution < -0.4 is 26.2 Å². The van der Waals surface area contributed by atoms with E-state index in [0.717, 1.165) is 123 Å². The molecule has 115 heavy (non-hydrogen) atoms. The third-order valence-corrected chi connectivity index (χ3v) is 23.4. The molecule has 19 rings (SSSR count). The summed E-state index contributed by atoms with van der Waals surface area (Å²) in [6.07, 6.45) is 0. The number of fused-ring (bicyclic) bond motifs is 10. The van der Waals surface area contributed by atoms with Crippen LogP contribution in [-0.4, -0.2) is 15.8 Å². The second-order valence-electron chi connectivity index (χ2n) is 36.3. The monoisotopic (exact) mass is 1500 g/mol. The minimum Gasteiger partial charge on any atom is -0.310 e. The first-order chi connectivity index (χ1) is 61.1. The van der Waals surface area contributed by atoms with Gasteiger partial charge in [-0.2, -0.15) is 0 Å². The van der Waals surface area contributed by atoms with Crippen molar-refractivity contribution in [2.75, 3.05) is 9.80 Å². The van der Waals surface area contributed by atoms with Crippen molar-refractivity contribution in [2.24, 2.45) is 0 Å². The third kappa shape index (κ3) is 12.5. The molecule has 2 aliphatic heterocycles. The van der Waals surface area contributed by atoms with Gasteiger partial charge < -0.3 is 18.9 Å². The van der Waals surface area contributed by atoms with E-state index in [0.29, 0.717) is 22.7 Å². The Balaban J connectivity index is 1.04. The first kappa shape index (κ1) is 58.4. The predicted octanol–water partition coefficient (Wildman–Crippen LogP) is 28.5. The summed E-state index contributed by atoms with van der Waals surface area (Å²) >= 11 is 0. The molecule has 0 saturated heterocycles. The van der Waals surface area contributed by atoms with E-state index in [9.17, 15) is 19.2 Å². The van der Waals surface area contributed by atoms with Crippen LogP contribution >= 0.6 is 0 Å². The summed E-state index contributed by atoms with van der Waals surface area (Å²) in [6, 6.07) is 80.8. The lowest BCUT2D eigenvalue weighted by Crippen LogP contribution is -2.61. The van der Waals surface area contributed by atoms with Crippen molar-refractivity contribution in [3.63, 3.8) is 0 Å². The molecule has 4 nitrogen and oxygen atoms in total. The maximum atomic E-state index is 10.4. The maximum absolute atomic E-state index is 10.4. The van der Waals surface area contributed by atoms with E-state index >= 15 is 0 Å². The van der Waals surface area contributed by atoms with E-state index in [-0.39, 0.29) is 115 Å². The van der Waals surface area contributed by atoms with Crippen molar-refractivity contribution < 1.29 is 19.2 Å². The van der Waals surface area contributed by atoms with Gasteiger partial charge in [0.15, 0.2) is 0 Å². The second-order valence-corrected chi connectivity index (χ2v) is 36.3. The molecule has 4 heterocycles. The van der Waals surface area contributed by atoms with E-state index < -0.39 is 58.0 Å². The number of aromatic nitrogens is 2. The number of anilines is 6. The average Bonchev–Trinajstić information content (AvgIpc) is 1.68. The van der Waals surface area contributed by atoms with Crippen molar-refractivity contribution in [1.82, 2.24) is 9.13 Å². The summed E-state index contributed by atoms with van der Waals surface area (Å²) in [7, 11) is 0. The number of benzene rings is 15.